The standard InChI is InChI=1S/C22H35N3O2/c1-17(2)15-19(21(27)25-13-11-24(5)12-14-25)23-20(26)16-22(3,4)18-9-7-6-8-10-18/h6-10,17,19H,11-16H2,1-5H3,(H,23,26)/t19-/m0/s1. The lowest BCUT2D eigenvalue weighted by Crippen LogP contribution is -2.54. The van der Waals surface area contributed by atoms with Crippen LogP contribution in [0.15, 0.2) is 30.3 Å². The highest BCUT2D eigenvalue weighted by molar-refractivity contribution is 5.88. The van der Waals surface area contributed by atoms with Crippen molar-refractivity contribution in [2.75, 3.05) is 33.2 Å². The van der Waals surface area contributed by atoms with Crippen molar-refractivity contribution in [3.63, 3.8) is 0 Å². The maximum absolute atomic E-state index is 13.0. The molecule has 2 amide bonds. The number of hydrogen-bond acceptors (Lipinski definition) is 3. The minimum Gasteiger partial charge on any atom is -0.344 e. The molecule has 0 spiro atoms. The summed E-state index contributed by atoms with van der Waals surface area (Å²) in [5, 5.41) is 3.04. The van der Waals surface area contributed by atoms with Crippen molar-refractivity contribution in [2.45, 2.75) is 52.0 Å². The number of hydrogen-bond donors (Lipinski definition) is 1. The maximum atomic E-state index is 13.0. The Morgan fingerprint density at radius 3 is 2.22 bits per heavy atom. The Bertz CT molecular complexity index is 620. The summed E-state index contributed by atoms with van der Waals surface area (Å²) >= 11 is 0. The quantitative estimate of drug-likeness (QED) is 0.799. The predicted octanol–water partition coefficient (Wildman–Crippen LogP) is 2.66. The Labute approximate surface area is 164 Å². The third kappa shape index (κ3) is 6.35. The molecular formula is C22H35N3O2. The molecule has 0 aromatic heterocycles. The molecule has 2 rings (SSSR count). The first-order chi connectivity index (χ1) is 12.7. The summed E-state index contributed by atoms with van der Waals surface area (Å²) in [6.07, 6.45) is 1.03. The Kier molecular flexibility index (Phi) is 7.42. The molecular weight excluding hydrogens is 338 g/mol. The van der Waals surface area contributed by atoms with Gasteiger partial charge in [-0.2, -0.15) is 0 Å². The third-order valence-electron chi connectivity index (χ3n) is 5.31. The highest BCUT2D eigenvalue weighted by Crippen LogP contribution is 2.26. The summed E-state index contributed by atoms with van der Waals surface area (Å²) in [7, 11) is 2.07. The minimum atomic E-state index is -0.438. The fraction of sp³-hybridized carbons (Fsp3) is 0.636. The smallest absolute Gasteiger partial charge is 0.245 e. The van der Waals surface area contributed by atoms with Gasteiger partial charge in [0.25, 0.3) is 0 Å². The van der Waals surface area contributed by atoms with E-state index in [1.54, 1.807) is 0 Å². The molecule has 1 aromatic rings. The zero-order valence-electron chi connectivity index (χ0n) is 17.5. The van der Waals surface area contributed by atoms with Crippen molar-refractivity contribution in [3.05, 3.63) is 35.9 Å². The molecule has 1 saturated heterocycles. The van der Waals surface area contributed by atoms with Crippen molar-refractivity contribution in [1.82, 2.24) is 15.1 Å². The van der Waals surface area contributed by atoms with E-state index >= 15 is 0 Å². The van der Waals surface area contributed by atoms with Crippen molar-refractivity contribution in [2.24, 2.45) is 5.92 Å². The maximum Gasteiger partial charge on any atom is 0.245 e. The zero-order valence-corrected chi connectivity index (χ0v) is 17.5. The highest BCUT2D eigenvalue weighted by atomic mass is 16.2. The number of nitrogens with zero attached hydrogens (tertiary/aromatic N) is 2. The number of amides is 2. The van der Waals surface area contributed by atoms with Gasteiger partial charge in [0.05, 0.1) is 0 Å². The number of benzene rings is 1. The summed E-state index contributed by atoms with van der Waals surface area (Å²) in [5.41, 5.74) is 0.857. The molecule has 1 atom stereocenters. The van der Waals surface area contributed by atoms with E-state index in [1.165, 1.54) is 0 Å². The van der Waals surface area contributed by atoms with Crippen LogP contribution in [-0.4, -0.2) is 60.9 Å². The molecule has 1 aliphatic heterocycles. The molecule has 0 aliphatic carbocycles. The van der Waals surface area contributed by atoms with Crippen LogP contribution in [0.3, 0.4) is 0 Å². The molecule has 0 bridgehead atoms. The summed E-state index contributed by atoms with van der Waals surface area (Å²) < 4.78 is 0. The number of carbonyl (C=O) groups excluding carboxylic acids is 2. The van der Waals surface area contributed by atoms with Gasteiger partial charge in [-0.3, -0.25) is 9.59 Å². The summed E-state index contributed by atoms with van der Waals surface area (Å²) in [6.45, 7) is 11.5. The topological polar surface area (TPSA) is 52.7 Å². The minimum absolute atomic E-state index is 0.0580. The second kappa shape index (κ2) is 9.36. The Hall–Kier alpha value is -1.88. The lowest BCUT2D eigenvalue weighted by atomic mass is 9.81. The number of carbonyl (C=O) groups is 2. The van der Waals surface area contributed by atoms with Crippen LogP contribution in [0.1, 0.15) is 46.1 Å². The fourth-order valence-corrected chi connectivity index (χ4v) is 3.58. The molecule has 0 radical (unpaired) electrons. The van der Waals surface area contributed by atoms with E-state index in [0.29, 0.717) is 18.8 Å². The highest BCUT2D eigenvalue weighted by Gasteiger charge is 2.31. The van der Waals surface area contributed by atoms with E-state index < -0.39 is 6.04 Å². The number of nitrogens with one attached hydrogen (secondary N) is 1. The van der Waals surface area contributed by atoms with E-state index in [-0.39, 0.29) is 17.2 Å². The summed E-state index contributed by atoms with van der Waals surface area (Å²) in [4.78, 5) is 29.9. The predicted molar refractivity (Wildman–Crippen MR) is 110 cm³/mol. The van der Waals surface area contributed by atoms with Crippen molar-refractivity contribution < 1.29 is 9.59 Å². The average molecular weight is 374 g/mol. The Morgan fingerprint density at radius 1 is 1.07 bits per heavy atom. The van der Waals surface area contributed by atoms with Crippen LogP contribution in [0.5, 0.6) is 0 Å². The van der Waals surface area contributed by atoms with Crippen LogP contribution in [0, 0.1) is 5.92 Å². The Morgan fingerprint density at radius 2 is 1.67 bits per heavy atom. The molecule has 150 valence electrons. The number of likely N-dealkylation sites (N-methyl/N-ethyl adjacent to an activating group) is 1. The van der Waals surface area contributed by atoms with Gasteiger partial charge in [0.15, 0.2) is 0 Å². The Balaban J connectivity index is 2.02. The number of piperazine rings is 1. The van der Waals surface area contributed by atoms with E-state index in [1.807, 2.05) is 35.2 Å². The van der Waals surface area contributed by atoms with Crippen LogP contribution in [0.2, 0.25) is 0 Å². The van der Waals surface area contributed by atoms with Crippen LogP contribution in [0.4, 0.5) is 0 Å². The van der Waals surface area contributed by atoms with Gasteiger partial charge in [0, 0.05) is 32.6 Å². The molecule has 1 aromatic carbocycles. The van der Waals surface area contributed by atoms with Crippen LogP contribution >= 0.6 is 0 Å². The van der Waals surface area contributed by atoms with E-state index in [4.69, 9.17) is 0 Å². The van der Waals surface area contributed by atoms with E-state index in [0.717, 1.165) is 31.7 Å². The first kappa shape index (κ1) is 21.4. The molecule has 5 nitrogen and oxygen atoms in total. The first-order valence-electron chi connectivity index (χ1n) is 10.0. The van der Waals surface area contributed by atoms with Crippen LogP contribution < -0.4 is 5.32 Å². The third-order valence-corrected chi connectivity index (χ3v) is 5.31. The largest absolute Gasteiger partial charge is 0.344 e. The molecule has 27 heavy (non-hydrogen) atoms. The first-order valence-corrected chi connectivity index (χ1v) is 10.0. The molecule has 1 aliphatic rings. The lowest BCUT2D eigenvalue weighted by molar-refractivity contribution is -0.138. The molecule has 1 fully saturated rings. The van der Waals surface area contributed by atoms with Crippen molar-refractivity contribution >= 4 is 11.8 Å². The molecule has 5 heteroatoms. The van der Waals surface area contributed by atoms with Crippen LogP contribution in [0.25, 0.3) is 0 Å². The summed E-state index contributed by atoms with van der Waals surface area (Å²) in [6, 6.07) is 9.63. The monoisotopic (exact) mass is 373 g/mol. The van der Waals surface area contributed by atoms with Gasteiger partial charge in [-0.25, -0.2) is 0 Å². The fourth-order valence-electron chi connectivity index (χ4n) is 3.58. The normalized spacial score (nSPS) is 17.0. The average Bonchev–Trinajstić information content (AvgIpc) is 2.61. The van der Waals surface area contributed by atoms with Crippen molar-refractivity contribution in [3.8, 4) is 0 Å². The van der Waals surface area contributed by atoms with Gasteiger partial charge in [-0.05, 0) is 30.4 Å². The SMILES string of the molecule is CC(C)C[C@H](NC(=O)CC(C)(C)c1ccccc1)C(=O)N1CCN(C)CC1. The van der Waals surface area contributed by atoms with Gasteiger partial charge in [-0.1, -0.05) is 58.0 Å². The van der Waals surface area contributed by atoms with Gasteiger partial charge >= 0.3 is 0 Å². The summed E-state index contributed by atoms with van der Waals surface area (Å²) in [5.74, 6) is 0.341. The second-order valence-corrected chi connectivity index (χ2v) is 8.80. The van der Waals surface area contributed by atoms with Gasteiger partial charge in [-0.15, -0.1) is 0 Å². The molecule has 1 heterocycles. The second-order valence-electron chi connectivity index (χ2n) is 8.80. The van der Waals surface area contributed by atoms with E-state index in [2.05, 4.69) is 45.0 Å². The van der Waals surface area contributed by atoms with Gasteiger partial charge < -0.3 is 15.1 Å². The molecule has 0 saturated carbocycles. The van der Waals surface area contributed by atoms with Crippen LogP contribution in [-0.2, 0) is 15.0 Å². The lowest BCUT2D eigenvalue weighted by Gasteiger charge is -2.35. The van der Waals surface area contributed by atoms with E-state index in [9.17, 15) is 9.59 Å². The van der Waals surface area contributed by atoms with Gasteiger partial charge in [0.1, 0.15) is 6.04 Å². The van der Waals surface area contributed by atoms with Gasteiger partial charge in [0.2, 0.25) is 11.8 Å². The van der Waals surface area contributed by atoms with Crippen molar-refractivity contribution in [1.29, 1.82) is 0 Å². The molecule has 0 unspecified atom stereocenters. The number of rotatable bonds is 7. The zero-order chi connectivity index (χ0) is 20.0. The molecule has 1 N–H and O–H groups in total.